The van der Waals surface area contributed by atoms with Gasteiger partial charge in [-0.15, -0.1) is 21.5 Å². The third kappa shape index (κ3) is 2.87. The minimum atomic E-state index is -0.248. The molecular formula is C8H14N2OS. The molecule has 0 aliphatic carbocycles. The number of aliphatic hydroxyl groups is 1. The van der Waals surface area contributed by atoms with Crippen molar-refractivity contribution in [3.63, 3.8) is 0 Å². The Labute approximate surface area is 76.5 Å². The highest BCUT2D eigenvalue weighted by molar-refractivity contribution is 7.11. The minimum Gasteiger partial charge on any atom is -0.393 e. The molecular weight excluding hydrogens is 172 g/mol. The molecule has 0 saturated heterocycles. The molecule has 3 nitrogen and oxygen atoms in total. The standard InChI is InChI=1S/C8H14N2OS/c1-3-4-7(11)5-8-10-9-6(2)12-8/h7,11H,3-5H2,1-2H3. The molecule has 0 aliphatic heterocycles. The zero-order chi connectivity index (χ0) is 8.97. The van der Waals surface area contributed by atoms with Gasteiger partial charge >= 0.3 is 0 Å². The number of nitrogens with zero attached hydrogens (tertiary/aromatic N) is 2. The molecule has 4 heteroatoms. The van der Waals surface area contributed by atoms with Crippen LogP contribution in [-0.4, -0.2) is 21.4 Å². The molecule has 0 radical (unpaired) electrons. The average Bonchev–Trinajstić information content (AvgIpc) is 2.36. The monoisotopic (exact) mass is 186 g/mol. The number of hydrogen-bond donors (Lipinski definition) is 1. The summed E-state index contributed by atoms with van der Waals surface area (Å²) >= 11 is 1.56. The molecule has 1 unspecified atom stereocenters. The molecule has 0 bridgehead atoms. The molecule has 1 heterocycles. The van der Waals surface area contributed by atoms with Gasteiger partial charge in [-0.25, -0.2) is 0 Å². The summed E-state index contributed by atoms with van der Waals surface area (Å²) in [5.74, 6) is 0. The smallest absolute Gasteiger partial charge is 0.120 e. The van der Waals surface area contributed by atoms with Crippen LogP contribution in [0, 0.1) is 6.92 Å². The molecule has 0 fully saturated rings. The zero-order valence-corrected chi connectivity index (χ0v) is 8.27. The second kappa shape index (κ2) is 4.52. The second-order valence-corrected chi connectivity index (χ2v) is 4.13. The summed E-state index contributed by atoms with van der Waals surface area (Å²) in [5, 5.41) is 19.2. The number of rotatable bonds is 4. The highest BCUT2D eigenvalue weighted by atomic mass is 32.1. The lowest BCUT2D eigenvalue weighted by atomic mass is 10.1. The van der Waals surface area contributed by atoms with Crippen LogP contribution in [-0.2, 0) is 6.42 Å². The molecule has 0 aliphatic rings. The van der Waals surface area contributed by atoms with Gasteiger partial charge in [-0.2, -0.15) is 0 Å². The van der Waals surface area contributed by atoms with Gasteiger partial charge in [-0.1, -0.05) is 13.3 Å². The Morgan fingerprint density at radius 2 is 2.25 bits per heavy atom. The first-order chi connectivity index (χ1) is 5.72. The van der Waals surface area contributed by atoms with Crippen molar-refractivity contribution in [1.82, 2.24) is 10.2 Å². The summed E-state index contributed by atoms with van der Waals surface area (Å²) in [7, 11) is 0. The van der Waals surface area contributed by atoms with Gasteiger partial charge in [-0.3, -0.25) is 0 Å². The fourth-order valence-corrected chi connectivity index (χ4v) is 1.84. The second-order valence-electron chi connectivity index (χ2n) is 2.86. The van der Waals surface area contributed by atoms with Crippen molar-refractivity contribution in [3.8, 4) is 0 Å². The van der Waals surface area contributed by atoms with Crippen molar-refractivity contribution in [2.45, 2.75) is 39.2 Å². The largest absolute Gasteiger partial charge is 0.393 e. The van der Waals surface area contributed by atoms with Crippen LogP contribution in [0.4, 0.5) is 0 Å². The summed E-state index contributed by atoms with van der Waals surface area (Å²) in [4.78, 5) is 0. The van der Waals surface area contributed by atoms with Crippen LogP contribution in [0.15, 0.2) is 0 Å². The van der Waals surface area contributed by atoms with Gasteiger partial charge in [0, 0.05) is 6.42 Å². The molecule has 12 heavy (non-hydrogen) atoms. The number of hydrogen-bond acceptors (Lipinski definition) is 4. The van der Waals surface area contributed by atoms with Gasteiger partial charge in [0.15, 0.2) is 0 Å². The van der Waals surface area contributed by atoms with E-state index in [2.05, 4.69) is 17.1 Å². The predicted octanol–water partition coefficient (Wildman–Crippen LogP) is 1.55. The first kappa shape index (κ1) is 9.61. The number of aryl methyl sites for hydroxylation is 1. The first-order valence-electron chi connectivity index (χ1n) is 4.19. The van der Waals surface area contributed by atoms with Gasteiger partial charge in [-0.05, 0) is 13.3 Å². The van der Waals surface area contributed by atoms with Gasteiger partial charge in [0.05, 0.1) is 6.10 Å². The van der Waals surface area contributed by atoms with Gasteiger partial charge in [0.2, 0.25) is 0 Å². The SMILES string of the molecule is CCCC(O)Cc1nnc(C)s1. The van der Waals surface area contributed by atoms with E-state index in [9.17, 15) is 5.11 Å². The Morgan fingerprint density at radius 3 is 2.75 bits per heavy atom. The molecule has 1 N–H and O–H groups in total. The molecule has 1 aromatic heterocycles. The third-order valence-corrected chi connectivity index (χ3v) is 2.46. The van der Waals surface area contributed by atoms with E-state index < -0.39 is 0 Å². The van der Waals surface area contributed by atoms with Gasteiger partial charge < -0.3 is 5.11 Å². The average molecular weight is 186 g/mol. The maximum Gasteiger partial charge on any atom is 0.120 e. The van der Waals surface area contributed by atoms with Gasteiger partial charge in [0.25, 0.3) is 0 Å². The fraction of sp³-hybridized carbons (Fsp3) is 0.750. The van der Waals surface area contributed by atoms with Crippen molar-refractivity contribution >= 4 is 11.3 Å². The highest BCUT2D eigenvalue weighted by Crippen LogP contribution is 2.12. The lowest BCUT2D eigenvalue weighted by Gasteiger charge is -2.04. The van der Waals surface area contributed by atoms with Crippen LogP contribution in [0.3, 0.4) is 0 Å². The predicted molar refractivity (Wildman–Crippen MR) is 49.3 cm³/mol. The Morgan fingerprint density at radius 1 is 1.50 bits per heavy atom. The van der Waals surface area contributed by atoms with Crippen LogP contribution in [0.25, 0.3) is 0 Å². The molecule has 0 spiro atoms. The third-order valence-electron chi connectivity index (χ3n) is 1.60. The minimum absolute atomic E-state index is 0.248. The van der Waals surface area contributed by atoms with E-state index in [-0.39, 0.29) is 6.10 Å². The zero-order valence-electron chi connectivity index (χ0n) is 7.45. The van der Waals surface area contributed by atoms with E-state index in [4.69, 9.17) is 0 Å². The van der Waals surface area contributed by atoms with Crippen molar-refractivity contribution in [2.24, 2.45) is 0 Å². The molecule has 1 atom stereocenters. The molecule has 0 saturated carbocycles. The van der Waals surface area contributed by atoms with E-state index in [0.717, 1.165) is 22.9 Å². The molecule has 0 aromatic carbocycles. The molecule has 0 amide bonds. The van der Waals surface area contributed by atoms with Crippen molar-refractivity contribution in [1.29, 1.82) is 0 Å². The van der Waals surface area contributed by atoms with E-state index >= 15 is 0 Å². The molecule has 1 aromatic rings. The van der Waals surface area contributed by atoms with E-state index in [1.165, 1.54) is 0 Å². The summed E-state index contributed by atoms with van der Waals surface area (Å²) < 4.78 is 0. The van der Waals surface area contributed by atoms with Crippen molar-refractivity contribution < 1.29 is 5.11 Å². The fourth-order valence-electron chi connectivity index (χ4n) is 1.06. The highest BCUT2D eigenvalue weighted by Gasteiger charge is 2.07. The number of aromatic nitrogens is 2. The van der Waals surface area contributed by atoms with E-state index in [0.29, 0.717) is 6.42 Å². The van der Waals surface area contributed by atoms with E-state index in [1.807, 2.05) is 6.92 Å². The Bertz CT molecular complexity index is 237. The Balaban J connectivity index is 2.41. The Kier molecular flexibility index (Phi) is 3.62. The van der Waals surface area contributed by atoms with Crippen LogP contribution in [0.5, 0.6) is 0 Å². The van der Waals surface area contributed by atoms with Crippen LogP contribution in [0.2, 0.25) is 0 Å². The normalized spacial score (nSPS) is 13.2. The molecule has 68 valence electrons. The van der Waals surface area contributed by atoms with E-state index in [1.54, 1.807) is 11.3 Å². The topological polar surface area (TPSA) is 46.0 Å². The van der Waals surface area contributed by atoms with Gasteiger partial charge in [0.1, 0.15) is 10.0 Å². The molecule has 1 rings (SSSR count). The Hall–Kier alpha value is -0.480. The lowest BCUT2D eigenvalue weighted by Crippen LogP contribution is -2.09. The maximum atomic E-state index is 9.45. The lowest BCUT2D eigenvalue weighted by molar-refractivity contribution is 0.163. The van der Waals surface area contributed by atoms with Crippen LogP contribution >= 0.6 is 11.3 Å². The summed E-state index contributed by atoms with van der Waals surface area (Å²) in [6, 6.07) is 0. The van der Waals surface area contributed by atoms with Crippen LogP contribution in [0.1, 0.15) is 29.8 Å². The van der Waals surface area contributed by atoms with Crippen molar-refractivity contribution in [2.75, 3.05) is 0 Å². The first-order valence-corrected chi connectivity index (χ1v) is 5.01. The maximum absolute atomic E-state index is 9.45. The summed E-state index contributed by atoms with van der Waals surface area (Å²) in [6.45, 7) is 3.99. The van der Waals surface area contributed by atoms with Crippen LogP contribution < -0.4 is 0 Å². The summed E-state index contributed by atoms with van der Waals surface area (Å²) in [6.07, 6.45) is 2.26. The quantitative estimate of drug-likeness (QED) is 0.776. The summed E-state index contributed by atoms with van der Waals surface area (Å²) in [5.41, 5.74) is 0. The van der Waals surface area contributed by atoms with Crippen molar-refractivity contribution in [3.05, 3.63) is 10.0 Å². The number of aliphatic hydroxyl groups excluding tert-OH is 1.